The summed E-state index contributed by atoms with van der Waals surface area (Å²) in [6.45, 7) is 1.80. The van der Waals surface area contributed by atoms with Gasteiger partial charge in [-0.15, -0.1) is 0 Å². The van der Waals surface area contributed by atoms with E-state index in [1.54, 1.807) is 13.0 Å². The van der Waals surface area contributed by atoms with Gasteiger partial charge >= 0.3 is 5.97 Å². The number of imidazole rings is 1. The monoisotopic (exact) mass is 270 g/mol. The second kappa shape index (κ2) is 4.85. The molecule has 0 fully saturated rings. The number of benzene rings is 1. The number of hydrogen-bond acceptors (Lipinski definition) is 4. The molecule has 5 nitrogen and oxygen atoms in total. The molecule has 2 heterocycles. The van der Waals surface area contributed by atoms with Crippen LogP contribution in [0.4, 0.5) is 0 Å². The average Bonchev–Trinajstić information content (AvgIpc) is 3.07. The van der Waals surface area contributed by atoms with Crippen molar-refractivity contribution < 1.29 is 13.9 Å². The van der Waals surface area contributed by atoms with E-state index in [2.05, 4.69) is 4.98 Å². The van der Waals surface area contributed by atoms with E-state index in [9.17, 15) is 4.79 Å². The number of hydrogen-bond donors (Lipinski definition) is 0. The van der Waals surface area contributed by atoms with Gasteiger partial charge in [0, 0.05) is 7.05 Å². The second-order valence-electron chi connectivity index (χ2n) is 4.58. The Morgan fingerprint density at radius 3 is 2.85 bits per heavy atom. The summed E-state index contributed by atoms with van der Waals surface area (Å²) in [5.41, 5.74) is 2.29. The van der Waals surface area contributed by atoms with Crippen molar-refractivity contribution >= 4 is 17.0 Å². The molecule has 0 aliphatic rings. The maximum atomic E-state index is 11.9. The number of ether oxygens (including phenoxy) is 1. The third-order valence-electron chi connectivity index (χ3n) is 3.23. The normalized spacial score (nSPS) is 12.5. The Hall–Kier alpha value is -2.56. The zero-order chi connectivity index (χ0) is 14.1. The third-order valence-corrected chi connectivity index (χ3v) is 3.23. The Kier molecular flexibility index (Phi) is 3.02. The van der Waals surface area contributed by atoms with Crippen molar-refractivity contribution in [3.05, 3.63) is 54.2 Å². The minimum atomic E-state index is -0.435. The maximum Gasteiger partial charge on any atom is 0.342 e. The summed E-state index contributed by atoms with van der Waals surface area (Å²) in [7, 11) is 1.91. The highest BCUT2D eigenvalue weighted by molar-refractivity contribution is 5.89. The first kappa shape index (κ1) is 12.5. The molecule has 0 unspecified atom stereocenters. The minimum absolute atomic E-state index is 0.399. The number of rotatable bonds is 3. The molecule has 3 rings (SSSR count). The molecule has 0 aliphatic carbocycles. The van der Waals surface area contributed by atoms with Crippen molar-refractivity contribution in [3.63, 3.8) is 0 Å². The van der Waals surface area contributed by atoms with Crippen molar-refractivity contribution in [2.75, 3.05) is 0 Å². The molecule has 1 aromatic carbocycles. The van der Waals surface area contributed by atoms with Crippen LogP contribution in [0.2, 0.25) is 0 Å². The molecular formula is C15H14N2O3. The predicted molar refractivity (Wildman–Crippen MR) is 73.3 cm³/mol. The lowest BCUT2D eigenvalue weighted by Gasteiger charge is -2.12. The zero-order valence-corrected chi connectivity index (χ0v) is 11.2. The van der Waals surface area contributed by atoms with Crippen molar-refractivity contribution in [2.24, 2.45) is 7.05 Å². The van der Waals surface area contributed by atoms with Gasteiger partial charge in [0.2, 0.25) is 0 Å². The highest BCUT2D eigenvalue weighted by Gasteiger charge is 2.19. The van der Waals surface area contributed by atoms with Crippen LogP contribution in [0.3, 0.4) is 0 Å². The van der Waals surface area contributed by atoms with E-state index in [1.165, 1.54) is 12.5 Å². The molecule has 0 saturated carbocycles. The summed E-state index contributed by atoms with van der Waals surface area (Å²) in [5, 5.41) is 0. The van der Waals surface area contributed by atoms with Crippen LogP contribution in [-0.4, -0.2) is 15.5 Å². The molecule has 0 N–H and O–H groups in total. The Bertz CT molecular complexity index is 744. The van der Waals surface area contributed by atoms with E-state index < -0.39 is 12.1 Å². The number of para-hydroxylation sites is 2. The topological polar surface area (TPSA) is 57.3 Å². The fourth-order valence-corrected chi connectivity index (χ4v) is 2.19. The van der Waals surface area contributed by atoms with Gasteiger partial charge in [-0.05, 0) is 25.1 Å². The molecule has 0 bridgehead atoms. The van der Waals surface area contributed by atoms with Crippen LogP contribution >= 0.6 is 0 Å². The van der Waals surface area contributed by atoms with Gasteiger partial charge in [0.1, 0.15) is 6.26 Å². The molecule has 0 amide bonds. The van der Waals surface area contributed by atoms with Crippen molar-refractivity contribution in [3.8, 4) is 0 Å². The van der Waals surface area contributed by atoms with Crippen LogP contribution in [-0.2, 0) is 11.8 Å². The van der Waals surface area contributed by atoms with Crippen molar-refractivity contribution in [1.82, 2.24) is 9.55 Å². The van der Waals surface area contributed by atoms with Gasteiger partial charge in [-0.2, -0.15) is 0 Å². The number of aryl methyl sites for hydroxylation is 1. The third kappa shape index (κ3) is 2.07. The van der Waals surface area contributed by atoms with Gasteiger partial charge in [-0.1, -0.05) is 12.1 Å². The Balaban J connectivity index is 1.87. The van der Waals surface area contributed by atoms with E-state index in [4.69, 9.17) is 9.15 Å². The molecule has 1 atom stereocenters. The quantitative estimate of drug-likeness (QED) is 0.686. The summed E-state index contributed by atoms with van der Waals surface area (Å²) in [4.78, 5) is 16.4. The highest BCUT2D eigenvalue weighted by Crippen LogP contribution is 2.22. The lowest BCUT2D eigenvalue weighted by molar-refractivity contribution is 0.0314. The van der Waals surface area contributed by atoms with Crippen LogP contribution in [0.5, 0.6) is 0 Å². The lowest BCUT2D eigenvalue weighted by Crippen LogP contribution is -2.12. The van der Waals surface area contributed by atoms with Crippen molar-refractivity contribution in [2.45, 2.75) is 13.0 Å². The number of carbonyl (C=O) groups is 1. The molecule has 0 radical (unpaired) electrons. The number of esters is 1. The molecule has 3 aromatic rings. The highest BCUT2D eigenvalue weighted by atomic mass is 16.5. The minimum Gasteiger partial charge on any atom is -0.472 e. The molecule has 0 spiro atoms. The van der Waals surface area contributed by atoms with Gasteiger partial charge in [0.25, 0.3) is 0 Å². The largest absolute Gasteiger partial charge is 0.472 e. The van der Waals surface area contributed by atoms with Gasteiger partial charge in [-0.3, -0.25) is 0 Å². The number of nitrogens with zero attached hydrogens (tertiary/aromatic N) is 2. The van der Waals surface area contributed by atoms with Gasteiger partial charge < -0.3 is 13.7 Å². The number of aromatic nitrogens is 2. The molecule has 20 heavy (non-hydrogen) atoms. The van der Waals surface area contributed by atoms with E-state index in [1.807, 2.05) is 35.9 Å². The van der Waals surface area contributed by atoms with Crippen LogP contribution in [0.1, 0.15) is 29.2 Å². The van der Waals surface area contributed by atoms with Crippen LogP contribution in [0.15, 0.2) is 47.3 Å². The first-order valence-corrected chi connectivity index (χ1v) is 6.31. The summed E-state index contributed by atoms with van der Waals surface area (Å²) in [6.07, 6.45) is 2.37. The Morgan fingerprint density at radius 2 is 2.15 bits per heavy atom. The first-order chi connectivity index (χ1) is 9.66. The van der Waals surface area contributed by atoms with E-state index in [0.717, 1.165) is 11.0 Å². The summed E-state index contributed by atoms with van der Waals surface area (Å²) < 4.78 is 12.2. The fraction of sp³-hybridized carbons (Fsp3) is 0.200. The average molecular weight is 270 g/mol. The molecular weight excluding hydrogens is 256 g/mol. The summed E-state index contributed by atoms with van der Waals surface area (Å²) in [6, 6.07) is 9.38. The second-order valence-corrected chi connectivity index (χ2v) is 4.58. The van der Waals surface area contributed by atoms with E-state index in [0.29, 0.717) is 11.4 Å². The van der Waals surface area contributed by atoms with Crippen LogP contribution in [0.25, 0.3) is 11.0 Å². The molecule has 2 aromatic heterocycles. The number of fused-ring (bicyclic) bond motifs is 1. The molecule has 5 heteroatoms. The molecule has 102 valence electrons. The van der Waals surface area contributed by atoms with Crippen LogP contribution in [0, 0.1) is 0 Å². The SMILES string of the molecule is C[C@@H](OC(=O)c1ccoc1)c1nc2ccccc2n1C. The maximum absolute atomic E-state index is 11.9. The Labute approximate surface area is 115 Å². The molecule has 0 saturated heterocycles. The van der Waals surface area contributed by atoms with E-state index >= 15 is 0 Å². The smallest absolute Gasteiger partial charge is 0.342 e. The number of furan rings is 1. The van der Waals surface area contributed by atoms with Gasteiger partial charge in [0.15, 0.2) is 11.9 Å². The Morgan fingerprint density at radius 1 is 1.35 bits per heavy atom. The predicted octanol–water partition coefficient (Wildman–Crippen LogP) is 3.08. The van der Waals surface area contributed by atoms with Gasteiger partial charge in [0.05, 0.1) is 22.9 Å². The van der Waals surface area contributed by atoms with Gasteiger partial charge in [-0.25, -0.2) is 9.78 Å². The fourth-order valence-electron chi connectivity index (χ4n) is 2.19. The summed E-state index contributed by atoms with van der Waals surface area (Å²) >= 11 is 0. The molecule has 0 aliphatic heterocycles. The number of carbonyl (C=O) groups excluding carboxylic acids is 1. The standard InChI is InChI=1S/C15H14N2O3/c1-10(20-15(18)11-7-8-19-9-11)14-16-12-5-3-4-6-13(12)17(14)2/h3-10H,1-2H3/t10-/m1/s1. The van der Waals surface area contributed by atoms with Crippen LogP contribution < -0.4 is 0 Å². The van der Waals surface area contributed by atoms with E-state index in [-0.39, 0.29) is 0 Å². The first-order valence-electron chi connectivity index (χ1n) is 6.31. The summed E-state index contributed by atoms with van der Waals surface area (Å²) in [5.74, 6) is 0.293. The zero-order valence-electron chi connectivity index (χ0n) is 11.2. The lowest BCUT2D eigenvalue weighted by atomic mass is 10.3. The van der Waals surface area contributed by atoms with Crippen molar-refractivity contribution in [1.29, 1.82) is 0 Å².